The quantitative estimate of drug-likeness (QED) is 0.0261. The molecule has 0 bridgehead atoms. The second-order valence-corrected chi connectivity index (χ2v) is 29.7. The summed E-state index contributed by atoms with van der Waals surface area (Å²) in [7, 11) is 4.25. The van der Waals surface area contributed by atoms with Crippen molar-refractivity contribution in [2.45, 2.75) is 157 Å². The van der Waals surface area contributed by atoms with Crippen LogP contribution in [0.5, 0.6) is 46.0 Å². The number of hydrogen-bond donors (Lipinski definition) is 5. The van der Waals surface area contributed by atoms with Gasteiger partial charge in [0.1, 0.15) is 0 Å². The molecule has 0 saturated carbocycles. The maximum Gasteiger partial charge on any atom is 0.258 e. The Kier molecular flexibility index (Phi) is 29.1. The number of rotatable bonds is 32. The topological polar surface area (TPSA) is 330 Å². The predicted octanol–water partition coefficient (Wildman–Crippen LogP) is 16.9. The monoisotopic (exact) mass is 1610 g/mol. The molecule has 118 heavy (non-hydrogen) atoms. The number of nitrogens with one attached hydrogen (secondary N) is 2. The van der Waals surface area contributed by atoms with E-state index < -0.39 is 6.10 Å². The van der Waals surface area contributed by atoms with Crippen LogP contribution in [0.25, 0.3) is 91.4 Å². The van der Waals surface area contributed by atoms with Gasteiger partial charge < -0.3 is 86.8 Å². The van der Waals surface area contributed by atoms with Gasteiger partial charge >= 0.3 is 0 Å². The first-order chi connectivity index (χ1) is 57.2. The van der Waals surface area contributed by atoms with Gasteiger partial charge in [0.25, 0.3) is 23.6 Å². The van der Waals surface area contributed by atoms with Crippen LogP contribution < -0.4 is 48.5 Å². The van der Waals surface area contributed by atoms with Crippen LogP contribution in [-0.2, 0) is 25.8 Å². The van der Waals surface area contributed by atoms with Gasteiger partial charge in [-0.3, -0.25) is 4.98 Å². The summed E-state index contributed by atoms with van der Waals surface area (Å²) in [6.45, 7) is 28.4. The molecule has 27 heteroatoms. The maximum absolute atomic E-state index is 10.1. The lowest BCUT2D eigenvalue weighted by Crippen LogP contribution is -2.44. The highest BCUT2D eigenvalue weighted by atomic mass is 16.5. The Morgan fingerprint density at radius 1 is 0.398 bits per heavy atom. The average Bonchev–Trinajstić information content (AvgIpc) is 1.65. The Labute approximate surface area is 688 Å². The van der Waals surface area contributed by atoms with Crippen molar-refractivity contribution in [2.75, 3.05) is 80.2 Å². The molecule has 12 aromatic rings. The van der Waals surface area contributed by atoms with Gasteiger partial charge in [0.15, 0.2) is 46.0 Å². The van der Waals surface area contributed by atoms with Gasteiger partial charge in [0, 0.05) is 80.4 Å². The third-order valence-corrected chi connectivity index (χ3v) is 20.1. The smallest absolute Gasteiger partial charge is 0.258 e. The minimum atomic E-state index is -0.411. The van der Waals surface area contributed by atoms with Gasteiger partial charge in [-0.05, 0) is 254 Å². The Hall–Kier alpha value is -11.6. The van der Waals surface area contributed by atoms with Crippen molar-refractivity contribution in [3.63, 3.8) is 0 Å². The van der Waals surface area contributed by atoms with Crippen LogP contribution in [0, 0.1) is 0 Å². The zero-order chi connectivity index (χ0) is 83.5. The lowest BCUT2D eigenvalue weighted by molar-refractivity contribution is 0.175. The molecule has 0 radical (unpaired) electrons. The fourth-order valence-electron chi connectivity index (χ4n) is 14.4. The van der Waals surface area contributed by atoms with E-state index in [0.29, 0.717) is 158 Å². The van der Waals surface area contributed by atoms with Gasteiger partial charge in [-0.1, -0.05) is 75.2 Å². The number of aliphatic hydroxyl groups is 3. The molecule has 0 spiro atoms. The van der Waals surface area contributed by atoms with Gasteiger partial charge in [-0.25, -0.2) is 0 Å². The van der Waals surface area contributed by atoms with Crippen LogP contribution >= 0.6 is 0 Å². The molecule has 3 atom stereocenters. The van der Waals surface area contributed by atoms with Gasteiger partial charge in [0.2, 0.25) is 23.3 Å². The predicted molar refractivity (Wildman–Crippen MR) is 449 cm³/mol. The summed E-state index contributed by atoms with van der Waals surface area (Å²) in [6.07, 6.45) is 6.87. The highest BCUT2D eigenvalue weighted by molar-refractivity contribution is 5.71. The standard InChI is InChI=1S/C25H31N3O4.C23H27N3O3.C22H28N4O4.C21H22N2O4/c1-5-30-21-13-10-16(14-22(21)31-6-2)24-26-23(28-32-24)19-9-7-8-18-17(19)11-12-20(18)27-25(3,4)15-29;1-5-27-20-13-10-15(14-21(20)28-6-2)23-24-22(25-29-23)18-9-7-8-17-16(18)11-12-19(17)26(3)4;1-5-28-18-8-7-16(12-19(18)29-6-2)21-25-20(26-30-21)15-9-10-23-17(11-15)13-24-22(3,4)14-27;1-3-25-18-11-8-13(12-19(18)26-4-2)21-22-20(23-27-21)16-7-5-6-15-14(16)9-10-17(15)24/h7-10,13-14,20,27,29H,5-6,11-12,15H2,1-4H3;7-10,13-14,19H,5-6,11-12H2,1-4H3;7-12,24,27H,5-6,13-14H2,1-4H3;5-8,11-12,17,24H,3-4,9-10H2,1-2H3. The average molecular weight is 1610 g/mol. The van der Waals surface area contributed by atoms with Gasteiger partial charge in [-0.2, -0.15) is 19.9 Å². The molecule has 27 nitrogen and oxygen atoms in total. The van der Waals surface area contributed by atoms with Crippen molar-refractivity contribution in [3.05, 3.63) is 185 Å². The molecule has 5 aromatic heterocycles. The van der Waals surface area contributed by atoms with Crippen LogP contribution in [-0.4, -0.2) is 157 Å². The number of benzene rings is 7. The number of nitrogens with zero attached hydrogens (tertiary/aromatic N) is 10. The van der Waals surface area contributed by atoms with Gasteiger partial charge in [-0.15, -0.1) is 0 Å². The van der Waals surface area contributed by atoms with E-state index in [1.54, 1.807) is 6.20 Å². The summed E-state index contributed by atoms with van der Waals surface area (Å²) in [5.41, 5.74) is 14.2. The lowest BCUT2D eigenvalue weighted by atomic mass is 9.99. The molecule has 622 valence electrons. The van der Waals surface area contributed by atoms with E-state index in [1.807, 2.05) is 198 Å². The second kappa shape index (κ2) is 40.0. The molecule has 5 N–H and O–H groups in total. The van der Waals surface area contributed by atoms with Crippen molar-refractivity contribution < 1.29 is 71.3 Å². The van der Waals surface area contributed by atoms with Gasteiger partial charge in [0.05, 0.1) is 77.9 Å². The first kappa shape index (κ1) is 85.8. The van der Waals surface area contributed by atoms with E-state index in [4.69, 9.17) is 56.0 Å². The number of pyridine rings is 1. The number of ether oxygens (including phenoxy) is 8. The molecule has 15 rings (SSSR count). The van der Waals surface area contributed by atoms with Crippen molar-refractivity contribution in [1.29, 1.82) is 0 Å². The lowest BCUT2D eigenvalue weighted by Gasteiger charge is -2.28. The van der Waals surface area contributed by atoms with E-state index in [0.717, 1.165) is 99.9 Å². The Balaban J connectivity index is 0.000000145. The van der Waals surface area contributed by atoms with E-state index in [2.05, 4.69) is 99.4 Å². The number of fused-ring (bicyclic) bond motifs is 3. The molecule has 3 unspecified atom stereocenters. The summed E-state index contributed by atoms with van der Waals surface area (Å²) >= 11 is 0. The normalized spacial score (nSPS) is 14.5. The summed E-state index contributed by atoms with van der Waals surface area (Å²) < 4.78 is 67.5. The third kappa shape index (κ3) is 20.7. The number of aliphatic hydroxyl groups excluding tert-OH is 3. The molecule has 0 fully saturated rings. The highest BCUT2D eigenvalue weighted by Crippen LogP contribution is 2.44. The minimum absolute atomic E-state index is 0.0344. The van der Waals surface area contributed by atoms with Crippen LogP contribution in [0.4, 0.5) is 0 Å². The summed E-state index contributed by atoms with van der Waals surface area (Å²) in [5, 5.41) is 52.8. The zero-order valence-corrected chi connectivity index (χ0v) is 69.8. The van der Waals surface area contributed by atoms with E-state index in [1.165, 1.54) is 22.3 Å². The molecule has 3 aliphatic rings. The van der Waals surface area contributed by atoms with Crippen LogP contribution in [0.3, 0.4) is 0 Å². The zero-order valence-electron chi connectivity index (χ0n) is 69.8. The van der Waals surface area contributed by atoms with Crippen molar-refractivity contribution in [2.24, 2.45) is 0 Å². The van der Waals surface area contributed by atoms with Crippen molar-refractivity contribution >= 4 is 0 Å². The summed E-state index contributed by atoms with van der Waals surface area (Å²) in [6, 6.07) is 45.2. The summed E-state index contributed by atoms with van der Waals surface area (Å²) in [4.78, 5) is 25.1. The van der Waals surface area contributed by atoms with Crippen LogP contribution in [0.1, 0.15) is 160 Å². The van der Waals surface area contributed by atoms with Crippen LogP contribution in [0.2, 0.25) is 0 Å². The first-order valence-electron chi connectivity index (χ1n) is 40.6. The molecule has 0 amide bonds. The molecule has 0 aliphatic heterocycles. The molecule has 5 heterocycles. The molecule has 3 aliphatic carbocycles. The Bertz CT molecular complexity index is 5290. The van der Waals surface area contributed by atoms with E-state index in [-0.39, 0.29) is 30.3 Å². The molecule has 0 saturated heterocycles. The number of aromatic nitrogens is 9. The molecular formula is C91H108N12O15. The molecular weight excluding hydrogens is 1500 g/mol. The third-order valence-electron chi connectivity index (χ3n) is 20.1. The largest absolute Gasteiger partial charge is 0.490 e. The van der Waals surface area contributed by atoms with Crippen molar-refractivity contribution in [1.82, 2.24) is 61.1 Å². The fraction of sp³-hybridized carbons (Fsp3) is 0.396. The van der Waals surface area contributed by atoms with Crippen molar-refractivity contribution in [3.8, 4) is 137 Å². The van der Waals surface area contributed by atoms with Crippen LogP contribution in [0.15, 0.2) is 164 Å². The number of hydrogen-bond acceptors (Lipinski definition) is 27. The maximum atomic E-state index is 10.1. The van der Waals surface area contributed by atoms with E-state index >= 15 is 0 Å². The highest BCUT2D eigenvalue weighted by Gasteiger charge is 2.33. The SMILES string of the molecule is CCOc1ccc(-c2nc(-c3cccc4c3CCC4N(C)C)no2)cc1OCC.CCOc1ccc(-c2nc(-c3cccc4c3CCC4NC(C)(C)CO)no2)cc1OCC.CCOc1ccc(-c2nc(-c3cccc4c3CCC4O)no2)cc1OCC.CCOc1ccc(-c2nc(-c3ccnc(CNC(C)(C)CO)c3)no2)cc1OCC. The fourth-order valence-corrected chi connectivity index (χ4v) is 14.4. The Morgan fingerprint density at radius 2 is 0.754 bits per heavy atom. The molecule has 7 aromatic carbocycles. The minimum Gasteiger partial charge on any atom is -0.490 e. The Morgan fingerprint density at radius 3 is 1.16 bits per heavy atom. The van der Waals surface area contributed by atoms with E-state index in [9.17, 15) is 15.3 Å². The first-order valence-corrected chi connectivity index (χ1v) is 40.6. The second-order valence-electron chi connectivity index (χ2n) is 29.7. The summed E-state index contributed by atoms with van der Waals surface area (Å²) in [5.74, 6) is 9.36.